The Kier molecular flexibility index (Phi) is 3.70. The molecule has 0 atom stereocenters. The molecule has 1 aromatic rings. The summed E-state index contributed by atoms with van der Waals surface area (Å²) in [5, 5.41) is 11.8. The lowest BCUT2D eigenvalue weighted by molar-refractivity contribution is 0.321. The third kappa shape index (κ3) is 2.35. The maximum atomic E-state index is 11.4. The molecule has 6 heteroatoms. The number of rotatable bonds is 3. The first-order valence-corrected chi connectivity index (χ1v) is 5.08. The number of nitrogens with zero attached hydrogens (tertiary/aromatic N) is 2. The Morgan fingerprint density at radius 2 is 2.43 bits per heavy atom. The van der Waals surface area contributed by atoms with Crippen LogP contribution in [0.1, 0.15) is 18.2 Å². The van der Waals surface area contributed by atoms with Gasteiger partial charge >= 0.3 is 0 Å². The molecule has 0 fully saturated rings. The Balaban J connectivity index is 3.21. The standard InChI is InChI=1S/C8H11N3O2S/c1-3-14-8-10-6(4-9-13)5(2)7(12)11-8/h4,13H,3H2,1-2H3,(H,10,11,12)/b9-4+. The summed E-state index contributed by atoms with van der Waals surface area (Å²) in [6.07, 6.45) is 1.16. The minimum Gasteiger partial charge on any atom is -0.411 e. The summed E-state index contributed by atoms with van der Waals surface area (Å²) in [5.74, 6) is 0.821. The zero-order valence-corrected chi connectivity index (χ0v) is 8.76. The molecule has 0 saturated heterocycles. The van der Waals surface area contributed by atoms with Gasteiger partial charge < -0.3 is 10.2 Å². The Morgan fingerprint density at radius 1 is 1.71 bits per heavy atom. The van der Waals surface area contributed by atoms with Crippen LogP contribution in [-0.2, 0) is 0 Å². The van der Waals surface area contributed by atoms with Crippen LogP contribution in [0.15, 0.2) is 15.1 Å². The minimum absolute atomic E-state index is 0.203. The second kappa shape index (κ2) is 4.80. The highest BCUT2D eigenvalue weighted by Crippen LogP contribution is 2.10. The Labute approximate surface area is 85.3 Å². The highest BCUT2D eigenvalue weighted by atomic mass is 32.2. The summed E-state index contributed by atoms with van der Waals surface area (Å²) < 4.78 is 0. The summed E-state index contributed by atoms with van der Waals surface area (Å²) in [6.45, 7) is 3.59. The van der Waals surface area contributed by atoms with E-state index in [1.807, 2.05) is 6.92 Å². The van der Waals surface area contributed by atoms with E-state index in [1.54, 1.807) is 6.92 Å². The lowest BCUT2D eigenvalue weighted by Gasteiger charge is -2.01. The van der Waals surface area contributed by atoms with Crippen LogP contribution in [0.4, 0.5) is 0 Å². The number of hydrogen-bond donors (Lipinski definition) is 2. The minimum atomic E-state index is -0.203. The van der Waals surface area contributed by atoms with Gasteiger partial charge in [0.2, 0.25) is 0 Å². The number of oxime groups is 1. The fourth-order valence-corrected chi connectivity index (χ4v) is 1.52. The topological polar surface area (TPSA) is 78.3 Å². The number of nitrogens with one attached hydrogen (secondary N) is 1. The molecule has 76 valence electrons. The van der Waals surface area contributed by atoms with E-state index in [9.17, 15) is 4.79 Å². The van der Waals surface area contributed by atoms with Gasteiger partial charge in [0.25, 0.3) is 5.56 Å². The smallest absolute Gasteiger partial charge is 0.255 e. The molecule has 5 nitrogen and oxygen atoms in total. The van der Waals surface area contributed by atoms with Gasteiger partial charge in [-0.2, -0.15) is 0 Å². The molecule has 0 aromatic carbocycles. The van der Waals surface area contributed by atoms with E-state index < -0.39 is 0 Å². The van der Waals surface area contributed by atoms with Crippen LogP contribution in [0.25, 0.3) is 0 Å². The fourth-order valence-electron chi connectivity index (χ4n) is 0.914. The van der Waals surface area contributed by atoms with Crippen LogP contribution in [0, 0.1) is 6.92 Å². The Bertz CT molecular complexity index is 400. The van der Waals surface area contributed by atoms with Gasteiger partial charge in [-0.25, -0.2) is 4.98 Å². The molecule has 1 rings (SSSR count). The first-order chi connectivity index (χ1) is 6.69. The summed E-state index contributed by atoms with van der Waals surface area (Å²) in [6, 6.07) is 0. The second-order valence-corrected chi connectivity index (χ2v) is 3.81. The molecule has 0 saturated carbocycles. The number of thioether (sulfide) groups is 1. The highest BCUT2D eigenvalue weighted by Gasteiger charge is 2.05. The lowest BCUT2D eigenvalue weighted by Crippen LogP contribution is -2.15. The van der Waals surface area contributed by atoms with E-state index in [2.05, 4.69) is 15.1 Å². The molecule has 2 N–H and O–H groups in total. The van der Waals surface area contributed by atoms with E-state index >= 15 is 0 Å². The maximum Gasteiger partial charge on any atom is 0.255 e. The largest absolute Gasteiger partial charge is 0.411 e. The van der Waals surface area contributed by atoms with Gasteiger partial charge in [-0.3, -0.25) is 4.79 Å². The van der Waals surface area contributed by atoms with Crippen molar-refractivity contribution >= 4 is 18.0 Å². The number of hydrogen-bond acceptors (Lipinski definition) is 5. The van der Waals surface area contributed by atoms with Crippen LogP contribution in [0.3, 0.4) is 0 Å². The monoisotopic (exact) mass is 213 g/mol. The second-order valence-electron chi connectivity index (χ2n) is 2.56. The van der Waals surface area contributed by atoms with Gasteiger partial charge in [-0.15, -0.1) is 0 Å². The lowest BCUT2D eigenvalue weighted by atomic mass is 10.3. The molecular formula is C8H11N3O2S. The molecular weight excluding hydrogens is 202 g/mol. The normalized spacial score (nSPS) is 11.0. The van der Waals surface area contributed by atoms with Gasteiger partial charge in [0, 0.05) is 5.56 Å². The average molecular weight is 213 g/mol. The number of H-pyrrole nitrogens is 1. The molecule has 0 unspecified atom stereocenters. The molecule has 0 amide bonds. The molecule has 14 heavy (non-hydrogen) atoms. The summed E-state index contributed by atoms with van der Waals surface area (Å²) in [4.78, 5) is 18.1. The van der Waals surface area contributed by atoms with Crippen molar-refractivity contribution < 1.29 is 5.21 Å². The van der Waals surface area contributed by atoms with Crippen molar-refractivity contribution in [2.24, 2.45) is 5.16 Å². The molecule has 0 aliphatic heterocycles. The van der Waals surface area contributed by atoms with Crippen molar-refractivity contribution in [3.63, 3.8) is 0 Å². The van der Waals surface area contributed by atoms with Crippen LogP contribution in [0.2, 0.25) is 0 Å². The first kappa shape index (κ1) is 10.8. The van der Waals surface area contributed by atoms with E-state index in [4.69, 9.17) is 5.21 Å². The van der Waals surface area contributed by atoms with Crippen LogP contribution < -0.4 is 5.56 Å². The number of aromatic nitrogens is 2. The molecule has 0 aliphatic rings. The average Bonchev–Trinajstić information content (AvgIpc) is 2.14. The predicted molar refractivity (Wildman–Crippen MR) is 55.4 cm³/mol. The molecule has 1 heterocycles. The van der Waals surface area contributed by atoms with Gasteiger partial charge in [0.15, 0.2) is 5.16 Å². The van der Waals surface area contributed by atoms with Crippen molar-refractivity contribution in [3.05, 3.63) is 21.6 Å². The quantitative estimate of drug-likeness (QED) is 0.258. The van der Waals surface area contributed by atoms with Crippen molar-refractivity contribution in [1.29, 1.82) is 0 Å². The zero-order chi connectivity index (χ0) is 10.6. The maximum absolute atomic E-state index is 11.4. The third-order valence-electron chi connectivity index (χ3n) is 1.63. The van der Waals surface area contributed by atoms with Gasteiger partial charge in [0.1, 0.15) is 0 Å². The van der Waals surface area contributed by atoms with Gasteiger partial charge in [-0.05, 0) is 12.7 Å². The van der Waals surface area contributed by atoms with Crippen molar-refractivity contribution in [3.8, 4) is 0 Å². The van der Waals surface area contributed by atoms with Gasteiger partial charge in [0.05, 0.1) is 11.9 Å². The van der Waals surface area contributed by atoms with Crippen LogP contribution >= 0.6 is 11.8 Å². The van der Waals surface area contributed by atoms with Crippen molar-refractivity contribution in [2.75, 3.05) is 5.75 Å². The van der Waals surface area contributed by atoms with E-state index in [0.29, 0.717) is 16.4 Å². The third-order valence-corrected chi connectivity index (χ3v) is 2.38. The van der Waals surface area contributed by atoms with Crippen molar-refractivity contribution in [2.45, 2.75) is 19.0 Å². The molecule has 0 aliphatic carbocycles. The first-order valence-electron chi connectivity index (χ1n) is 4.10. The predicted octanol–water partition coefficient (Wildman–Crippen LogP) is 0.998. The number of aromatic amines is 1. The molecule has 1 aromatic heterocycles. The molecule has 0 bridgehead atoms. The van der Waals surface area contributed by atoms with Crippen molar-refractivity contribution in [1.82, 2.24) is 9.97 Å². The summed E-state index contributed by atoms with van der Waals surface area (Å²) in [7, 11) is 0. The zero-order valence-electron chi connectivity index (χ0n) is 7.94. The summed E-state index contributed by atoms with van der Waals surface area (Å²) in [5.41, 5.74) is 0.640. The van der Waals surface area contributed by atoms with Crippen LogP contribution in [0.5, 0.6) is 0 Å². The Morgan fingerprint density at radius 3 is 3.00 bits per heavy atom. The van der Waals surface area contributed by atoms with E-state index in [1.165, 1.54) is 11.8 Å². The highest BCUT2D eigenvalue weighted by molar-refractivity contribution is 7.99. The fraction of sp³-hybridized carbons (Fsp3) is 0.375. The van der Waals surface area contributed by atoms with Gasteiger partial charge in [-0.1, -0.05) is 23.8 Å². The summed E-state index contributed by atoms with van der Waals surface area (Å²) >= 11 is 1.43. The van der Waals surface area contributed by atoms with E-state index in [0.717, 1.165) is 12.0 Å². The SMILES string of the molecule is CCSc1nc(/C=N/O)c(C)c(=O)[nH]1. The van der Waals surface area contributed by atoms with E-state index in [-0.39, 0.29) is 5.56 Å². The Hall–Kier alpha value is -1.30. The molecule has 0 radical (unpaired) electrons. The van der Waals surface area contributed by atoms with Crippen LogP contribution in [-0.4, -0.2) is 27.1 Å². The molecule has 0 spiro atoms.